The van der Waals surface area contributed by atoms with Crippen molar-refractivity contribution in [3.63, 3.8) is 0 Å². The summed E-state index contributed by atoms with van der Waals surface area (Å²) in [7, 11) is 0. The summed E-state index contributed by atoms with van der Waals surface area (Å²) in [6.07, 6.45) is 6.85. The fourth-order valence-corrected chi connectivity index (χ4v) is 1.91. The van der Waals surface area contributed by atoms with Crippen molar-refractivity contribution in [3.05, 3.63) is 49.2 Å². The van der Waals surface area contributed by atoms with Crippen LogP contribution in [0.2, 0.25) is 0 Å². The van der Waals surface area contributed by atoms with Crippen molar-refractivity contribution in [3.8, 4) is 22.8 Å². The molecule has 0 saturated heterocycles. The summed E-state index contributed by atoms with van der Waals surface area (Å²) in [6.45, 7) is 0. The highest BCUT2D eigenvalue weighted by atomic mass is 16.5. The fraction of sp³-hybridized carbons (Fsp3) is 0. The van der Waals surface area contributed by atoms with Gasteiger partial charge in [0.05, 0.1) is 5.56 Å². The lowest BCUT2D eigenvalue weighted by molar-refractivity contribution is 0.432. The number of nitrogens with zero attached hydrogens (tertiary/aromatic N) is 6. The largest absolute Gasteiger partial charge is 0.334 e. The van der Waals surface area contributed by atoms with E-state index in [-0.39, 0.29) is 0 Å². The first kappa shape index (κ1) is 10.8. The average Bonchev–Trinajstić information content (AvgIpc) is 3.16. The van der Waals surface area contributed by atoms with Crippen LogP contribution in [-0.2, 0) is 0 Å². The first-order chi connectivity index (χ1) is 9.90. The monoisotopic (exact) mass is 264 g/mol. The smallest absolute Gasteiger partial charge is 0.259 e. The Morgan fingerprint density at radius 2 is 1.90 bits per heavy atom. The number of fused-ring (bicyclic) bond motifs is 1. The van der Waals surface area contributed by atoms with E-state index in [1.54, 1.807) is 23.1 Å². The third-order valence-corrected chi connectivity index (χ3v) is 2.90. The van der Waals surface area contributed by atoms with Gasteiger partial charge in [0.15, 0.2) is 5.65 Å². The van der Waals surface area contributed by atoms with E-state index in [0.29, 0.717) is 11.7 Å². The highest BCUT2D eigenvalue weighted by Gasteiger charge is 2.11. The van der Waals surface area contributed by atoms with Crippen LogP contribution in [0.4, 0.5) is 0 Å². The topological polar surface area (TPSA) is 82.0 Å². The molecule has 0 spiro atoms. The van der Waals surface area contributed by atoms with Crippen molar-refractivity contribution in [2.75, 3.05) is 0 Å². The third kappa shape index (κ3) is 1.72. The molecule has 0 aliphatic heterocycles. The fourth-order valence-electron chi connectivity index (χ4n) is 1.91. The first-order valence-electron chi connectivity index (χ1n) is 5.94. The summed E-state index contributed by atoms with van der Waals surface area (Å²) in [4.78, 5) is 8.34. The summed E-state index contributed by atoms with van der Waals surface area (Å²) in [5.41, 5.74) is 2.44. The Bertz CT molecular complexity index is 867. The number of hydrogen-bond acceptors (Lipinski definition) is 6. The van der Waals surface area contributed by atoms with Gasteiger partial charge in [0.25, 0.3) is 5.89 Å². The summed E-state index contributed by atoms with van der Waals surface area (Å²) >= 11 is 0. The summed E-state index contributed by atoms with van der Waals surface area (Å²) in [5, 5.41) is 11.8. The van der Waals surface area contributed by atoms with E-state index < -0.39 is 0 Å². The second-order valence-corrected chi connectivity index (χ2v) is 4.17. The molecular weight excluding hydrogens is 256 g/mol. The molecule has 4 aromatic heterocycles. The van der Waals surface area contributed by atoms with Crippen molar-refractivity contribution in [2.24, 2.45) is 0 Å². The molecule has 0 amide bonds. The van der Waals surface area contributed by atoms with Crippen LogP contribution < -0.4 is 0 Å². The van der Waals surface area contributed by atoms with Gasteiger partial charge in [0, 0.05) is 24.2 Å². The molecule has 7 nitrogen and oxygen atoms in total. The van der Waals surface area contributed by atoms with E-state index in [9.17, 15) is 0 Å². The number of pyridine rings is 2. The summed E-state index contributed by atoms with van der Waals surface area (Å²) in [5.74, 6) is 0.985. The minimum Gasteiger partial charge on any atom is -0.334 e. The molecule has 20 heavy (non-hydrogen) atoms. The summed E-state index contributed by atoms with van der Waals surface area (Å²) in [6, 6.07) is 7.38. The zero-order valence-electron chi connectivity index (χ0n) is 10.2. The van der Waals surface area contributed by atoms with Gasteiger partial charge in [-0.05, 0) is 24.3 Å². The maximum Gasteiger partial charge on any atom is 0.259 e. The zero-order valence-corrected chi connectivity index (χ0v) is 10.2. The molecule has 7 heteroatoms. The Morgan fingerprint density at radius 1 is 1.00 bits per heavy atom. The van der Waals surface area contributed by atoms with Crippen LogP contribution in [0.25, 0.3) is 28.5 Å². The van der Waals surface area contributed by atoms with E-state index in [1.165, 1.54) is 0 Å². The lowest BCUT2D eigenvalue weighted by atomic mass is 10.2. The predicted octanol–water partition coefficient (Wildman–Crippen LogP) is 1.84. The van der Waals surface area contributed by atoms with Gasteiger partial charge in [-0.1, -0.05) is 5.16 Å². The van der Waals surface area contributed by atoms with Crippen molar-refractivity contribution >= 4 is 5.65 Å². The normalized spacial score (nSPS) is 11.0. The molecule has 0 radical (unpaired) electrons. The Kier molecular flexibility index (Phi) is 2.28. The molecule has 0 atom stereocenters. The van der Waals surface area contributed by atoms with Crippen LogP contribution in [-0.4, -0.2) is 29.7 Å². The Hall–Kier alpha value is -3.09. The number of hydrogen-bond donors (Lipinski definition) is 0. The van der Waals surface area contributed by atoms with Gasteiger partial charge in [-0.15, -0.1) is 10.2 Å². The standard InChI is InChI=1S/C13H8N6O/c1-2-11-17-15-8-19(11)7-10(1)13-16-12(18-20-13)9-3-5-14-6-4-9/h1-8H. The van der Waals surface area contributed by atoms with Crippen LogP contribution in [0, 0.1) is 0 Å². The zero-order chi connectivity index (χ0) is 13.4. The second kappa shape index (κ2) is 4.23. The van der Waals surface area contributed by atoms with Crippen LogP contribution in [0.15, 0.2) is 53.7 Å². The molecule has 0 aliphatic rings. The Morgan fingerprint density at radius 3 is 2.80 bits per heavy atom. The Labute approximate surface area is 112 Å². The van der Waals surface area contributed by atoms with Gasteiger partial charge in [-0.2, -0.15) is 4.98 Å². The van der Waals surface area contributed by atoms with Gasteiger partial charge in [0.1, 0.15) is 6.33 Å². The van der Waals surface area contributed by atoms with E-state index in [2.05, 4.69) is 25.3 Å². The minimum absolute atomic E-state index is 0.451. The SMILES string of the molecule is c1cc(-c2noc(-c3ccc4nncn4c3)n2)ccn1. The maximum atomic E-state index is 5.29. The van der Waals surface area contributed by atoms with Crippen molar-refractivity contribution in [2.45, 2.75) is 0 Å². The van der Waals surface area contributed by atoms with Gasteiger partial charge in [-0.3, -0.25) is 9.38 Å². The lowest BCUT2D eigenvalue weighted by Crippen LogP contribution is -1.86. The second-order valence-electron chi connectivity index (χ2n) is 4.17. The number of rotatable bonds is 2. The van der Waals surface area contributed by atoms with Gasteiger partial charge in [0.2, 0.25) is 5.82 Å². The van der Waals surface area contributed by atoms with Crippen LogP contribution in [0.3, 0.4) is 0 Å². The van der Waals surface area contributed by atoms with Crippen molar-refractivity contribution < 1.29 is 4.52 Å². The highest BCUT2D eigenvalue weighted by molar-refractivity contribution is 5.60. The minimum atomic E-state index is 0.451. The molecule has 0 bridgehead atoms. The van der Waals surface area contributed by atoms with Gasteiger partial charge >= 0.3 is 0 Å². The molecule has 0 aliphatic carbocycles. The van der Waals surface area contributed by atoms with Crippen molar-refractivity contribution in [1.82, 2.24) is 29.7 Å². The maximum absolute atomic E-state index is 5.29. The first-order valence-corrected chi connectivity index (χ1v) is 5.94. The van der Waals surface area contributed by atoms with E-state index in [0.717, 1.165) is 16.8 Å². The molecular formula is C13H8N6O. The Balaban J connectivity index is 1.77. The molecule has 0 saturated carbocycles. The van der Waals surface area contributed by atoms with Crippen LogP contribution in [0.5, 0.6) is 0 Å². The molecule has 4 heterocycles. The molecule has 0 fully saturated rings. The third-order valence-electron chi connectivity index (χ3n) is 2.90. The van der Waals surface area contributed by atoms with Gasteiger partial charge in [-0.25, -0.2) is 0 Å². The van der Waals surface area contributed by atoms with Crippen LogP contribution >= 0.6 is 0 Å². The van der Waals surface area contributed by atoms with Crippen molar-refractivity contribution in [1.29, 1.82) is 0 Å². The molecule has 0 unspecified atom stereocenters. The van der Waals surface area contributed by atoms with E-state index in [4.69, 9.17) is 4.52 Å². The quantitative estimate of drug-likeness (QED) is 0.549. The molecule has 0 aromatic carbocycles. The molecule has 4 rings (SSSR count). The number of aromatic nitrogens is 6. The van der Waals surface area contributed by atoms with Crippen LogP contribution in [0.1, 0.15) is 0 Å². The van der Waals surface area contributed by atoms with Gasteiger partial charge < -0.3 is 4.52 Å². The molecule has 0 N–H and O–H groups in total. The predicted molar refractivity (Wildman–Crippen MR) is 69.5 cm³/mol. The molecule has 4 aromatic rings. The average molecular weight is 264 g/mol. The van der Waals surface area contributed by atoms with E-state index >= 15 is 0 Å². The highest BCUT2D eigenvalue weighted by Crippen LogP contribution is 2.21. The lowest BCUT2D eigenvalue weighted by Gasteiger charge is -1.95. The van der Waals surface area contributed by atoms with E-state index in [1.807, 2.05) is 30.5 Å². The summed E-state index contributed by atoms with van der Waals surface area (Å²) < 4.78 is 7.09. The molecule has 96 valence electrons.